The van der Waals surface area contributed by atoms with Crippen LogP contribution in [0, 0.1) is 5.92 Å². The second-order valence-electron chi connectivity index (χ2n) is 14.6. The third-order valence-corrected chi connectivity index (χ3v) is 21.5. The number of nitrogens with zero attached hydrogens (tertiary/aromatic N) is 1. The van der Waals surface area contributed by atoms with E-state index >= 15 is 0 Å². The number of H-pyrrole nitrogens is 1. The number of fused-ring (bicyclic) bond motifs is 2. The molecular formula is C26H48N2O7Si3. The highest BCUT2D eigenvalue weighted by Crippen LogP contribution is 2.52. The molecule has 0 aliphatic carbocycles. The van der Waals surface area contributed by atoms with Gasteiger partial charge in [0, 0.05) is 11.4 Å². The first kappa shape index (κ1) is 31.2. The lowest BCUT2D eigenvalue weighted by Crippen LogP contribution is -2.54. The smallest absolute Gasteiger partial charge is 0.330 e. The third-order valence-electron chi connectivity index (χ3n) is 9.35. The first-order chi connectivity index (χ1) is 17.0. The van der Waals surface area contributed by atoms with Crippen molar-refractivity contribution in [1.82, 2.24) is 9.55 Å². The fourth-order valence-corrected chi connectivity index (χ4v) is 10.8. The average Bonchev–Trinajstić information content (AvgIpc) is 3.13. The van der Waals surface area contributed by atoms with Crippen molar-refractivity contribution in [2.45, 2.75) is 115 Å². The molecule has 1 spiro atoms. The molecule has 0 unspecified atom stereocenters. The largest absolute Gasteiger partial charge is 0.469 e. The Bertz CT molecular complexity index is 1190. The van der Waals surface area contributed by atoms with Crippen LogP contribution in [0.2, 0.25) is 55.4 Å². The molecular weight excluding hydrogens is 537 g/mol. The molecule has 216 valence electrons. The first-order valence-electron chi connectivity index (χ1n) is 13.5. The van der Waals surface area contributed by atoms with Gasteiger partial charge in [0.2, 0.25) is 0 Å². The molecule has 1 saturated heterocycles. The summed E-state index contributed by atoms with van der Waals surface area (Å²) in [7, 11) is -5.60. The van der Waals surface area contributed by atoms with Crippen molar-refractivity contribution < 1.29 is 23.1 Å². The van der Waals surface area contributed by atoms with E-state index in [0.717, 1.165) is 0 Å². The normalized spacial score (nSPS) is 27.6. The highest BCUT2D eigenvalue weighted by molar-refractivity contribution is 6.90. The molecule has 3 rings (SSSR count). The number of esters is 1. The lowest BCUT2D eigenvalue weighted by molar-refractivity contribution is -0.161. The first-order valence-corrected chi connectivity index (χ1v) is 22.5. The maximum absolute atomic E-state index is 13.7. The van der Waals surface area contributed by atoms with Crippen LogP contribution in [-0.2, 0) is 28.8 Å². The van der Waals surface area contributed by atoms with Gasteiger partial charge in [0.1, 0.15) is 20.1 Å². The van der Waals surface area contributed by atoms with E-state index in [-0.39, 0.29) is 16.7 Å². The summed E-state index contributed by atoms with van der Waals surface area (Å²) in [5, 5.41) is 0.515. The Balaban J connectivity index is 2.23. The molecule has 2 aliphatic heterocycles. The van der Waals surface area contributed by atoms with E-state index in [9.17, 15) is 14.4 Å². The molecule has 1 aromatic rings. The topological polar surface area (TPSA) is 109 Å². The maximum Gasteiger partial charge on any atom is 0.330 e. The Morgan fingerprint density at radius 1 is 1.11 bits per heavy atom. The number of hydrogen-bond acceptors (Lipinski definition) is 7. The van der Waals surface area contributed by atoms with E-state index in [1.807, 2.05) is 0 Å². The highest BCUT2D eigenvalue weighted by Gasteiger charge is 2.67. The van der Waals surface area contributed by atoms with Crippen molar-refractivity contribution in [2.24, 2.45) is 5.92 Å². The van der Waals surface area contributed by atoms with Crippen molar-refractivity contribution in [3.8, 4) is 0 Å². The van der Waals surface area contributed by atoms with Gasteiger partial charge < -0.3 is 18.3 Å². The zero-order valence-corrected chi connectivity index (χ0v) is 28.5. The van der Waals surface area contributed by atoms with Crippen molar-refractivity contribution in [2.75, 3.05) is 13.7 Å². The van der Waals surface area contributed by atoms with Gasteiger partial charge in [-0.1, -0.05) is 54.6 Å². The minimum atomic E-state index is -2.41. The second-order valence-corrected chi connectivity index (χ2v) is 28.8. The molecule has 3 heterocycles. The van der Waals surface area contributed by atoms with E-state index in [1.165, 1.54) is 17.7 Å². The molecule has 0 saturated carbocycles. The minimum absolute atomic E-state index is 0.0217. The zero-order chi connectivity index (χ0) is 29.3. The molecule has 4 atom stereocenters. The average molecular weight is 585 g/mol. The van der Waals surface area contributed by atoms with Gasteiger partial charge >= 0.3 is 11.7 Å². The Morgan fingerprint density at radius 2 is 1.66 bits per heavy atom. The van der Waals surface area contributed by atoms with Crippen LogP contribution in [0.15, 0.2) is 15.7 Å². The molecule has 1 aromatic heterocycles. The minimum Gasteiger partial charge on any atom is -0.469 e. The van der Waals surface area contributed by atoms with E-state index in [4.69, 9.17) is 18.3 Å². The summed E-state index contributed by atoms with van der Waals surface area (Å²) < 4.78 is 27.4. The quantitative estimate of drug-likeness (QED) is 0.401. The monoisotopic (exact) mass is 584 g/mol. The Labute approximate surface area is 229 Å². The van der Waals surface area contributed by atoms with Gasteiger partial charge in [0.25, 0.3) is 5.56 Å². The number of ether oxygens (including phenoxy) is 2. The van der Waals surface area contributed by atoms with Crippen molar-refractivity contribution in [3.05, 3.63) is 26.9 Å². The molecule has 12 heteroatoms. The molecule has 0 bridgehead atoms. The molecule has 0 radical (unpaired) electrons. The van der Waals surface area contributed by atoms with E-state index in [2.05, 4.69) is 85.8 Å². The van der Waals surface area contributed by atoms with E-state index < -0.39 is 65.8 Å². The van der Waals surface area contributed by atoms with E-state index in [0.29, 0.717) is 11.4 Å². The number of nitrogens with one attached hydrogen (secondary N) is 1. The lowest BCUT2D eigenvalue weighted by atomic mass is 9.92. The molecule has 1 N–H and O–H groups in total. The third kappa shape index (κ3) is 5.24. The summed E-state index contributed by atoms with van der Waals surface area (Å²) in [5.74, 6) is -1.38. The zero-order valence-electron chi connectivity index (χ0n) is 25.5. The fraction of sp³-hybridized carbons (Fsp3) is 0.808. The predicted molar refractivity (Wildman–Crippen MR) is 157 cm³/mol. The van der Waals surface area contributed by atoms with Crippen LogP contribution < -0.4 is 16.6 Å². The van der Waals surface area contributed by atoms with E-state index in [1.54, 1.807) is 0 Å². The van der Waals surface area contributed by atoms with Gasteiger partial charge in [-0.05, 0) is 42.3 Å². The summed E-state index contributed by atoms with van der Waals surface area (Å²) in [5.41, 5.74) is -2.34. The SMILES string of the molecule is COC(=O)[C@H]1[C@H](O[Si](C)(C)C(C)(C)C)[C@@H](CO[Si](C)(C)C(C)(C)C)O[C@]12C[Si](C)(C)c1cc(=O)[nH]c(=O)n12. The summed E-state index contributed by atoms with van der Waals surface area (Å²) in [6.45, 7) is 26.0. The molecule has 1 fully saturated rings. The number of carbonyl (C=O) groups is 1. The number of rotatable bonds is 6. The van der Waals surface area contributed by atoms with Crippen LogP contribution in [0.4, 0.5) is 0 Å². The summed E-state index contributed by atoms with van der Waals surface area (Å²) in [6.07, 6.45) is -1.28. The molecule has 2 aliphatic rings. The van der Waals surface area contributed by atoms with Crippen LogP contribution in [-0.4, -0.2) is 66.2 Å². The number of carbonyl (C=O) groups excluding carboxylic acids is 1. The number of methoxy groups -OCH3 is 1. The predicted octanol–water partition coefficient (Wildman–Crippen LogP) is 3.72. The van der Waals surface area contributed by atoms with Gasteiger partial charge in [-0.25, -0.2) is 4.79 Å². The Kier molecular flexibility index (Phi) is 7.93. The lowest BCUT2D eigenvalue weighted by Gasteiger charge is -2.41. The summed E-state index contributed by atoms with van der Waals surface area (Å²) >= 11 is 0. The van der Waals surface area contributed by atoms with Crippen LogP contribution >= 0.6 is 0 Å². The van der Waals surface area contributed by atoms with Crippen molar-refractivity contribution in [1.29, 1.82) is 0 Å². The Morgan fingerprint density at radius 3 is 2.16 bits per heavy atom. The van der Waals surface area contributed by atoms with Gasteiger partial charge in [-0.2, -0.15) is 0 Å². The maximum atomic E-state index is 13.7. The van der Waals surface area contributed by atoms with Crippen LogP contribution in [0.25, 0.3) is 0 Å². The molecule has 38 heavy (non-hydrogen) atoms. The van der Waals surface area contributed by atoms with Crippen molar-refractivity contribution >= 4 is 36.0 Å². The van der Waals surface area contributed by atoms with Gasteiger partial charge in [-0.3, -0.25) is 19.1 Å². The Hall–Kier alpha value is -1.32. The van der Waals surface area contributed by atoms with Gasteiger partial charge in [-0.15, -0.1) is 0 Å². The molecule has 0 amide bonds. The number of aromatic amines is 1. The molecule has 9 nitrogen and oxygen atoms in total. The van der Waals surface area contributed by atoms with Gasteiger partial charge in [0.15, 0.2) is 22.4 Å². The second kappa shape index (κ2) is 9.65. The number of hydrogen-bond donors (Lipinski definition) is 1. The standard InChI is InChI=1S/C26H48N2O7Si3/c1-24(2,3)37(10,11)33-15-17-21(35-38(12,13)25(4,5)6)20(22(30)32-7)26(34-17)16-36(8,9)19-14-18(29)27-23(31)28(19)26/h14,17,20-21H,15-16H2,1-13H3,(H,27,29,31)/t17-,20-,21-,26-/m1/s1. The van der Waals surface area contributed by atoms with Gasteiger partial charge in [0.05, 0.1) is 19.8 Å². The van der Waals surface area contributed by atoms with Crippen LogP contribution in [0.5, 0.6) is 0 Å². The molecule has 0 aromatic carbocycles. The highest BCUT2D eigenvalue weighted by atomic mass is 28.4. The fourth-order valence-electron chi connectivity index (χ4n) is 5.13. The summed E-state index contributed by atoms with van der Waals surface area (Å²) in [4.78, 5) is 41.8. The van der Waals surface area contributed by atoms with Crippen LogP contribution in [0.1, 0.15) is 41.5 Å². The van der Waals surface area contributed by atoms with Crippen LogP contribution in [0.3, 0.4) is 0 Å². The number of aromatic nitrogens is 2. The van der Waals surface area contributed by atoms with Crippen molar-refractivity contribution in [3.63, 3.8) is 0 Å². The summed E-state index contributed by atoms with van der Waals surface area (Å²) in [6, 6.07) is 1.93.